The summed E-state index contributed by atoms with van der Waals surface area (Å²) in [6.07, 6.45) is 3.47. The SMILES string of the molecule is CNc1nc(-c2cccnc2)nc2c(C)c(-c3ccc(F)cc3)ccc12. The summed E-state index contributed by atoms with van der Waals surface area (Å²) in [6, 6.07) is 14.3. The van der Waals surface area contributed by atoms with E-state index in [0.29, 0.717) is 5.82 Å². The zero-order valence-electron chi connectivity index (χ0n) is 14.5. The second kappa shape index (κ2) is 6.52. The van der Waals surface area contributed by atoms with Gasteiger partial charge in [0.15, 0.2) is 5.82 Å². The quantitative estimate of drug-likeness (QED) is 0.577. The van der Waals surface area contributed by atoms with Gasteiger partial charge in [0.1, 0.15) is 11.6 Å². The van der Waals surface area contributed by atoms with Gasteiger partial charge in [0.05, 0.1) is 5.52 Å². The molecule has 26 heavy (non-hydrogen) atoms. The Bertz CT molecular complexity index is 1080. The Hall–Kier alpha value is -3.34. The van der Waals surface area contributed by atoms with Gasteiger partial charge in [-0.1, -0.05) is 18.2 Å². The molecule has 0 aliphatic rings. The predicted molar refractivity (Wildman–Crippen MR) is 102 cm³/mol. The Labute approximate surface area is 150 Å². The van der Waals surface area contributed by atoms with Gasteiger partial charge >= 0.3 is 0 Å². The van der Waals surface area contributed by atoms with E-state index in [4.69, 9.17) is 4.98 Å². The van der Waals surface area contributed by atoms with Gasteiger partial charge in [0.2, 0.25) is 0 Å². The first kappa shape index (κ1) is 16.1. The second-order valence-electron chi connectivity index (χ2n) is 6.03. The first-order valence-electron chi connectivity index (χ1n) is 8.33. The van der Waals surface area contributed by atoms with Crippen LogP contribution < -0.4 is 5.32 Å². The average molecular weight is 344 g/mol. The minimum absolute atomic E-state index is 0.245. The van der Waals surface area contributed by atoms with Crippen LogP contribution in [0.1, 0.15) is 5.56 Å². The van der Waals surface area contributed by atoms with Crippen LogP contribution in [0.25, 0.3) is 33.4 Å². The first-order valence-corrected chi connectivity index (χ1v) is 8.33. The Morgan fingerprint density at radius 3 is 2.42 bits per heavy atom. The van der Waals surface area contributed by atoms with E-state index in [1.807, 2.05) is 38.2 Å². The van der Waals surface area contributed by atoms with Crippen LogP contribution in [0.3, 0.4) is 0 Å². The number of benzene rings is 2. The molecule has 0 atom stereocenters. The van der Waals surface area contributed by atoms with Gasteiger partial charge in [-0.3, -0.25) is 4.98 Å². The molecule has 5 heteroatoms. The zero-order valence-corrected chi connectivity index (χ0v) is 14.5. The smallest absolute Gasteiger partial charge is 0.163 e. The topological polar surface area (TPSA) is 50.7 Å². The van der Waals surface area contributed by atoms with Gasteiger partial charge in [0.25, 0.3) is 0 Å². The van der Waals surface area contributed by atoms with E-state index < -0.39 is 0 Å². The Balaban J connectivity index is 1.96. The molecule has 0 saturated heterocycles. The minimum Gasteiger partial charge on any atom is -0.373 e. The summed E-state index contributed by atoms with van der Waals surface area (Å²) in [6.45, 7) is 2.03. The molecule has 2 aromatic heterocycles. The molecule has 0 spiro atoms. The molecule has 4 rings (SSSR count). The Kier molecular flexibility index (Phi) is 4.05. The largest absolute Gasteiger partial charge is 0.373 e. The van der Waals surface area contributed by atoms with E-state index in [1.165, 1.54) is 12.1 Å². The van der Waals surface area contributed by atoms with Gasteiger partial charge in [-0.2, -0.15) is 0 Å². The lowest BCUT2D eigenvalue weighted by atomic mass is 9.98. The number of aromatic nitrogens is 3. The molecule has 0 saturated carbocycles. The van der Waals surface area contributed by atoms with E-state index in [2.05, 4.69) is 15.3 Å². The lowest BCUT2D eigenvalue weighted by Gasteiger charge is -2.13. The molecule has 0 aliphatic heterocycles. The molecule has 0 aliphatic carbocycles. The van der Waals surface area contributed by atoms with Crippen LogP contribution in [0.15, 0.2) is 60.9 Å². The maximum Gasteiger partial charge on any atom is 0.163 e. The highest BCUT2D eigenvalue weighted by atomic mass is 19.1. The fourth-order valence-electron chi connectivity index (χ4n) is 3.09. The summed E-state index contributed by atoms with van der Waals surface area (Å²) < 4.78 is 13.3. The summed E-state index contributed by atoms with van der Waals surface area (Å²) >= 11 is 0. The number of nitrogens with one attached hydrogen (secondary N) is 1. The standard InChI is InChI=1S/C21H17FN4/c1-13-17(14-5-7-16(22)8-6-14)9-10-18-19(13)25-20(26-21(18)23-2)15-4-3-11-24-12-15/h3-12H,1-2H3,(H,23,25,26). The Morgan fingerprint density at radius 1 is 0.923 bits per heavy atom. The lowest BCUT2D eigenvalue weighted by molar-refractivity contribution is 0.628. The number of fused-ring (bicyclic) bond motifs is 1. The monoisotopic (exact) mass is 344 g/mol. The van der Waals surface area contributed by atoms with Crippen molar-refractivity contribution in [2.75, 3.05) is 12.4 Å². The van der Waals surface area contributed by atoms with Crippen molar-refractivity contribution in [3.63, 3.8) is 0 Å². The van der Waals surface area contributed by atoms with Crippen LogP contribution >= 0.6 is 0 Å². The summed E-state index contributed by atoms with van der Waals surface area (Å²) in [5.74, 6) is 1.14. The summed E-state index contributed by atoms with van der Waals surface area (Å²) in [5, 5.41) is 4.10. The van der Waals surface area contributed by atoms with Gasteiger partial charge in [0, 0.05) is 30.4 Å². The molecule has 2 heterocycles. The van der Waals surface area contributed by atoms with Crippen molar-refractivity contribution in [1.29, 1.82) is 0 Å². The first-order chi connectivity index (χ1) is 12.7. The highest BCUT2D eigenvalue weighted by Gasteiger charge is 2.13. The van der Waals surface area contributed by atoms with Crippen LogP contribution in [-0.2, 0) is 0 Å². The molecule has 4 aromatic rings. The number of hydrogen-bond donors (Lipinski definition) is 1. The van der Waals surface area contributed by atoms with Crippen molar-refractivity contribution in [2.24, 2.45) is 0 Å². The van der Waals surface area contributed by atoms with Gasteiger partial charge in [-0.05, 0) is 53.9 Å². The van der Waals surface area contributed by atoms with E-state index in [1.54, 1.807) is 24.5 Å². The van der Waals surface area contributed by atoms with Crippen LogP contribution in [0.4, 0.5) is 10.2 Å². The molecule has 2 aromatic carbocycles. The average Bonchev–Trinajstić information content (AvgIpc) is 2.69. The summed E-state index contributed by atoms with van der Waals surface area (Å²) in [4.78, 5) is 13.6. The third-order valence-corrected chi connectivity index (χ3v) is 4.43. The molecule has 4 nitrogen and oxygen atoms in total. The zero-order chi connectivity index (χ0) is 18.1. The summed E-state index contributed by atoms with van der Waals surface area (Å²) in [7, 11) is 1.85. The van der Waals surface area contributed by atoms with Crippen LogP contribution in [0, 0.1) is 12.7 Å². The van der Waals surface area contributed by atoms with Crippen molar-refractivity contribution in [1.82, 2.24) is 15.0 Å². The van der Waals surface area contributed by atoms with E-state index in [9.17, 15) is 4.39 Å². The fraction of sp³-hybridized carbons (Fsp3) is 0.0952. The van der Waals surface area contributed by atoms with Gasteiger partial charge in [-0.25, -0.2) is 14.4 Å². The number of nitrogens with zero attached hydrogens (tertiary/aromatic N) is 3. The predicted octanol–water partition coefficient (Wildman–Crippen LogP) is 4.85. The van der Waals surface area contributed by atoms with Crippen LogP contribution in [0.2, 0.25) is 0 Å². The maximum atomic E-state index is 13.3. The number of hydrogen-bond acceptors (Lipinski definition) is 4. The fourth-order valence-corrected chi connectivity index (χ4v) is 3.09. The number of halogens is 1. The van der Waals surface area contributed by atoms with Gasteiger partial charge in [-0.15, -0.1) is 0 Å². The number of rotatable bonds is 3. The summed E-state index contributed by atoms with van der Waals surface area (Å²) in [5.41, 5.74) is 4.73. The van der Waals surface area contributed by atoms with E-state index in [0.717, 1.165) is 39.0 Å². The lowest BCUT2D eigenvalue weighted by Crippen LogP contribution is -2.00. The molecular weight excluding hydrogens is 327 g/mol. The third kappa shape index (κ3) is 2.77. The number of anilines is 1. The van der Waals surface area contributed by atoms with Crippen LogP contribution in [-0.4, -0.2) is 22.0 Å². The molecule has 0 fully saturated rings. The number of aryl methyl sites for hydroxylation is 1. The maximum absolute atomic E-state index is 13.3. The molecule has 1 N–H and O–H groups in total. The Morgan fingerprint density at radius 2 is 1.73 bits per heavy atom. The highest BCUT2D eigenvalue weighted by molar-refractivity contribution is 5.96. The van der Waals surface area contributed by atoms with Crippen molar-refractivity contribution < 1.29 is 4.39 Å². The normalized spacial score (nSPS) is 10.9. The number of pyridine rings is 1. The van der Waals surface area contributed by atoms with Crippen molar-refractivity contribution in [3.8, 4) is 22.5 Å². The highest BCUT2D eigenvalue weighted by Crippen LogP contribution is 2.32. The molecule has 0 unspecified atom stereocenters. The van der Waals surface area contributed by atoms with Crippen molar-refractivity contribution in [3.05, 3.63) is 72.3 Å². The van der Waals surface area contributed by atoms with Crippen molar-refractivity contribution in [2.45, 2.75) is 6.92 Å². The van der Waals surface area contributed by atoms with Gasteiger partial charge < -0.3 is 5.32 Å². The van der Waals surface area contributed by atoms with E-state index in [-0.39, 0.29) is 5.82 Å². The minimum atomic E-state index is -0.245. The molecule has 128 valence electrons. The second-order valence-corrected chi connectivity index (χ2v) is 6.03. The van der Waals surface area contributed by atoms with E-state index >= 15 is 0 Å². The molecule has 0 amide bonds. The van der Waals surface area contributed by atoms with Crippen molar-refractivity contribution >= 4 is 16.7 Å². The molecule has 0 bridgehead atoms. The molecule has 0 radical (unpaired) electrons. The van der Waals surface area contributed by atoms with Crippen LogP contribution in [0.5, 0.6) is 0 Å². The third-order valence-electron chi connectivity index (χ3n) is 4.43. The molecular formula is C21H17FN4.